The van der Waals surface area contributed by atoms with Crippen molar-refractivity contribution < 1.29 is 4.39 Å². The lowest BCUT2D eigenvalue weighted by molar-refractivity contribution is 0.538. The van der Waals surface area contributed by atoms with Crippen LogP contribution in [0.25, 0.3) is 11.1 Å². The first kappa shape index (κ1) is 18.7. The molecule has 0 heterocycles. The molecule has 3 aromatic carbocycles. The van der Waals surface area contributed by atoms with Crippen LogP contribution in [0.2, 0.25) is 0 Å². The molecule has 0 aliphatic heterocycles. The molecule has 0 amide bonds. The number of hydrogen-bond acceptors (Lipinski definition) is 1. The van der Waals surface area contributed by atoms with Gasteiger partial charge in [0.05, 0.1) is 5.69 Å². The van der Waals surface area contributed by atoms with Gasteiger partial charge in [-0.15, -0.1) is 0 Å². The molecule has 0 unspecified atom stereocenters. The van der Waals surface area contributed by atoms with E-state index in [9.17, 15) is 0 Å². The summed E-state index contributed by atoms with van der Waals surface area (Å²) < 4.78 is 15.6. The maximum absolute atomic E-state index is 15.6. The van der Waals surface area contributed by atoms with E-state index >= 15 is 4.39 Å². The van der Waals surface area contributed by atoms with Crippen molar-refractivity contribution >= 4 is 11.4 Å². The number of hydrogen-bond donors (Lipinski definition) is 0. The van der Waals surface area contributed by atoms with E-state index in [1.807, 2.05) is 12.1 Å². The first-order valence-corrected chi connectivity index (χ1v) is 9.92. The smallest absolute Gasteiger partial charge is 0.147 e. The number of rotatable bonds is 2. The highest BCUT2D eigenvalue weighted by molar-refractivity contribution is 5.84. The summed E-state index contributed by atoms with van der Waals surface area (Å²) in [7, 11) is 0. The Labute approximate surface area is 167 Å². The second-order valence-corrected chi connectivity index (χ2v) is 9.31. The highest BCUT2D eigenvalue weighted by Crippen LogP contribution is 2.51. The van der Waals surface area contributed by atoms with Crippen molar-refractivity contribution in [2.75, 3.05) is 4.90 Å². The zero-order valence-corrected chi connectivity index (χ0v) is 17.6. The molecule has 1 aliphatic rings. The molecule has 0 fully saturated rings. The van der Waals surface area contributed by atoms with Crippen molar-refractivity contribution in [1.29, 1.82) is 0 Å². The molecule has 0 spiro atoms. The molecular formula is C26H28FN. The third-order valence-electron chi connectivity index (χ3n) is 5.92. The second-order valence-electron chi connectivity index (χ2n) is 9.31. The van der Waals surface area contributed by atoms with E-state index in [4.69, 9.17) is 0 Å². The number of fused-ring (bicyclic) bond motifs is 3. The van der Waals surface area contributed by atoms with Crippen LogP contribution in [0, 0.1) is 12.7 Å². The van der Waals surface area contributed by atoms with Crippen molar-refractivity contribution in [3.63, 3.8) is 0 Å². The van der Waals surface area contributed by atoms with Gasteiger partial charge in [-0.2, -0.15) is 0 Å². The Balaban J connectivity index is 1.99. The lowest BCUT2D eigenvalue weighted by Crippen LogP contribution is -2.38. The molecule has 0 aromatic heterocycles. The number of anilines is 2. The van der Waals surface area contributed by atoms with E-state index in [1.165, 1.54) is 11.1 Å². The van der Waals surface area contributed by atoms with Crippen LogP contribution in [0.15, 0.2) is 60.7 Å². The van der Waals surface area contributed by atoms with Gasteiger partial charge in [0, 0.05) is 16.6 Å². The van der Waals surface area contributed by atoms with Gasteiger partial charge in [-0.1, -0.05) is 56.3 Å². The summed E-state index contributed by atoms with van der Waals surface area (Å²) in [5.74, 6) is -0.169. The topological polar surface area (TPSA) is 3.24 Å². The van der Waals surface area contributed by atoms with Crippen molar-refractivity contribution in [2.24, 2.45) is 0 Å². The monoisotopic (exact) mass is 373 g/mol. The third-order valence-corrected chi connectivity index (χ3v) is 5.92. The molecule has 0 bridgehead atoms. The van der Waals surface area contributed by atoms with Gasteiger partial charge in [-0.05, 0) is 73.7 Å². The first-order valence-electron chi connectivity index (χ1n) is 9.92. The molecule has 0 radical (unpaired) electrons. The van der Waals surface area contributed by atoms with Crippen molar-refractivity contribution in [3.8, 4) is 11.1 Å². The number of benzene rings is 3. The predicted octanol–water partition coefficient (Wildman–Crippen LogP) is 7.38. The summed E-state index contributed by atoms with van der Waals surface area (Å²) in [6.07, 6.45) is 0. The summed E-state index contributed by atoms with van der Waals surface area (Å²) in [6.45, 7) is 12.8. The molecule has 28 heavy (non-hydrogen) atoms. The van der Waals surface area contributed by atoms with E-state index in [1.54, 1.807) is 6.07 Å². The van der Waals surface area contributed by atoms with Crippen LogP contribution in [0.4, 0.5) is 15.8 Å². The quantitative estimate of drug-likeness (QED) is 0.453. The Bertz CT molecular complexity index is 1060. The van der Waals surface area contributed by atoms with E-state index in [2.05, 4.69) is 88.9 Å². The summed E-state index contributed by atoms with van der Waals surface area (Å²) in [5, 5.41) is 0. The second kappa shape index (κ2) is 6.20. The molecule has 0 N–H and O–H groups in total. The molecule has 3 aromatic rings. The fourth-order valence-electron chi connectivity index (χ4n) is 4.55. The highest BCUT2D eigenvalue weighted by atomic mass is 19.1. The van der Waals surface area contributed by atoms with Crippen molar-refractivity contribution in [2.45, 2.75) is 52.5 Å². The zero-order chi connectivity index (χ0) is 20.3. The number of para-hydroxylation sites is 1. The van der Waals surface area contributed by atoms with Crippen molar-refractivity contribution in [1.82, 2.24) is 0 Å². The number of nitrogens with zero attached hydrogens (tertiary/aromatic N) is 1. The fourth-order valence-corrected chi connectivity index (χ4v) is 4.55. The van der Waals surface area contributed by atoms with Gasteiger partial charge in [-0.3, -0.25) is 0 Å². The molecule has 1 nitrogen and oxygen atoms in total. The molecular weight excluding hydrogens is 345 g/mol. The Kier molecular flexibility index (Phi) is 4.15. The molecule has 1 aliphatic carbocycles. The van der Waals surface area contributed by atoms with E-state index < -0.39 is 0 Å². The van der Waals surface area contributed by atoms with Crippen LogP contribution in [-0.2, 0) is 5.41 Å². The van der Waals surface area contributed by atoms with Crippen LogP contribution in [0.3, 0.4) is 0 Å². The zero-order valence-electron chi connectivity index (χ0n) is 17.6. The van der Waals surface area contributed by atoms with E-state index in [-0.39, 0.29) is 16.8 Å². The molecule has 4 rings (SSSR count). The summed E-state index contributed by atoms with van der Waals surface area (Å²) in [6, 6.07) is 20.5. The lowest BCUT2D eigenvalue weighted by Gasteiger charge is -2.39. The average molecular weight is 374 g/mol. The predicted molar refractivity (Wildman–Crippen MR) is 117 cm³/mol. The van der Waals surface area contributed by atoms with E-state index in [0.717, 1.165) is 22.4 Å². The van der Waals surface area contributed by atoms with Crippen LogP contribution in [0.5, 0.6) is 0 Å². The third kappa shape index (κ3) is 2.74. The van der Waals surface area contributed by atoms with Crippen LogP contribution >= 0.6 is 0 Å². The Hall–Kier alpha value is -2.61. The van der Waals surface area contributed by atoms with Crippen LogP contribution in [-0.4, -0.2) is 5.54 Å². The minimum absolute atomic E-state index is 0.169. The Morgan fingerprint density at radius 1 is 0.786 bits per heavy atom. The number of aryl methyl sites for hydroxylation is 1. The lowest BCUT2D eigenvalue weighted by atomic mass is 9.82. The van der Waals surface area contributed by atoms with Gasteiger partial charge in [-0.25, -0.2) is 4.39 Å². The highest BCUT2D eigenvalue weighted by Gasteiger charge is 2.37. The van der Waals surface area contributed by atoms with Crippen LogP contribution < -0.4 is 4.90 Å². The molecule has 0 saturated heterocycles. The van der Waals surface area contributed by atoms with Gasteiger partial charge in [0.2, 0.25) is 0 Å². The van der Waals surface area contributed by atoms with Gasteiger partial charge < -0.3 is 4.90 Å². The Morgan fingerprint density at radius 2 is 1.43 bits per heavy atom. The Morgan fingerprint density at radius 3 is 2.11 bits per heavy atom. The SMILES string of the molecule is Cc1ccccc1N(c1cc2c(cc1F)C(C)(C)c1ccccc1-2)C(C)(C)C. The summed E-state index contributed by atoms with van der Waals surface area (Å²) >= 11 is 0. The maximum atomic E-state index is 15.6. The van der Waals surface area contributed by atoms with Crippen LogP contribution in [0.1, 0.15) is 51.3 Å². The minimum Gasteiger partial charge on any atom is -0.333 e. The maximum Gasteiger partial charge on any atom is 0.147 e. The molecule has 0 saturated carbocycles. The van der Waals surface area contributed by atoms with Crippen molar-refractivity contribution in [3.05, 3.63) is 83.2 Å². The minimum atomic E-state index is -0.269. The van der Waals surface area contributed by atoms with Gasteiger partial charge >= 0.3 is 0 Å². The standard InChI is InChI=1S/C26H28FN/c1-17-11-7-10-14-23(17)28(25(2,3)4)24-15-19-18-12-8-9-13-20(18)26(5,6)21(19)16-22(24)27/h7-16H,1-6H3. The van der Waals surface area contributed by atoms with Gasteiger partial charge in [0.1, 0.15) is 5.82 Å². The molecule has 144 valence electrons. The van der Waals surface area contributed by atoms with Gasteiger partial charge in [0.25, 0.3) is 0 Å². The average Bonchev–Trinajstić information content (AvgIpc) is 2.84. The first-order chi connectivity index (χ1) is 13.1. The fraction of sp³-hybridized carbons (Fsp3) is 0.308. The summed E-state index contributed by atoms with van der Waals surface area (Å²) in [5.41, 5.74) is 7.02. The largest absolute Gasteiger partial charge is 0.333 e. The number of halogens is 1. The van der Waals surface area contributed by atoms with Gasteiger partial charge in [0.15, 0.2) is 0 Å². The molecule has 0 atom stereocenters. The normalized spacial score (nSPS) is 14.5. The van der Waals surface area contributed by atoms with E-state index in [0.29, 0.717) is 5.69 Å². The molecule has 2 heteroatoms. The summed E-state index contributed by atoms with van der Waals surface area (Å²) in [4.78, 5) is 2.13.